The molecule has 1 saturated heterocycles. The number of rotatable bonds is 3. The summed E-state index contributed by atoms with van der Waals surface area (Å²) in [6.45, 7) is 3.79. The van der Waals surface area contributed by atoms with Crippen LogP contribution in [0.25, 0.3) is 0 Å². The molecular formula is C22H18N6O. The second kappa shape index (κ2) is 7.36. The van der Waals surface area contributed by atoms with E-state index in [1.54, 1.807) is 36.4 Å². The number of benzene rings is 2. The summed E-state index contributed by atoms with van der Waals surface area (Å²) in [6, 6.07) is 20.5. The van der Waals surface area contributed by atoms with Crippen molar-refractivity contribution in [2.45, 2.75) is 31.7 Å². The Morgan fingerprint density at radius 1 is 0.862 bits per heavy atom. The van der Waals surface area contributed by atoms with Gasteiger partial charge in [0.2, 0.25) is 11.0 Å². The molecule has 29 heavy (non-hydrogen) atoms. The van der Waals surface area contributed by atoms with Gasteiger partial charge in [0.1, 0.15) is 18.4 Å². The van der Waals surface area contributed by atoms with E-state index in [4.69, 9.17) is 0 Å². The molecule has 7 heteroatoms. The number of hydrogen-bond acceptors (Lipinski definition) is 7. The average Bonchev–Trinajstić information content (AvgIpc) is 3.05. The second-order valence-electron chi connectivity index (χ2n) is 7.09. The molecule has 0 spiro atoms. The van der Waals surface area contributed by atoms with Crippen molar-refractivity contribution in [2.24, 2.45) is 5.41 Å². The zero-order valence-electron chi connectivity index (χ0n) is 16.0. The Balaban J connectivity index is 2.20. The Morgan fingerprint density at radius 3 is 1.79 bits per heavy atom. The van der Waals surface area contributed by atoms with Crippen LogP contribution in [-0.4, -0.2) is 15.7 Å². The Bertz CT molecular complexity index is 1050. The quantitative estimate of drug-likeness (QED) is 0.834. The lowest BCUT2D eigenvalue weighted by Gasteiger charge is -2.33. The van der Waals surface area contributed by atoms with E-state index in [-0.39, 0.29) is 0 Å². The van der Waals surface area contributed by atoms with Crippen LogP contribution < -0.4 is 5.43 Å². The summed E-state index contributed by atoms with van der Waals surface area (Å²) < 4.78 is 0. The van der Waals surface area contributed by atoms with Gasteiger partial charge in [-0.1, -0.05) is 59.7 Å². The fraction of sp³-hybridized carbons (Fsp3) is 0.273. The third kappa shape index (κ3) is 2.83. The number of nitrogens with zero attached hydrogens (tertiary/aromatic N) is 5. The van der Waals surface area contributed by atoms with Crippen molar-refractivity contribution < 1.29 is 5.11 Å². The number of nitrogens with one attached hydrogen (secondary N) is 1. The van der Waals surface area contributed by atoms with Crippen LogP contribution in [-0.2, 0) is 0 Å². The number of aryl methyl sites for hydroxylation is 2. The van der Waals surface area contributed by atoms with Gasteiger partial charge in [-0.3, -0.25) is 0 Å². The maximum Gasteiger partial charge on any atom is 0.244 e. The molecule has 0 aliphatic carbocycles. The Morgan fingerprint density at radius 2 is 1.34 bits per heavy atom. The molecule has 0 saturated carbocycles. The molecule has 0 amide bonds. The van der Waals surface area contributed by atoms with Gasteiger partial charge in [-0.2, -0.15) is 26.1 Å². The number of aliphatic hydroxyl groups is 1. The van der Waals surface area contributed by atoms with Crippen molar-refractivity contribution in [3.05, 3.63) is 70.8 Å². The van der Waals surface area contributed by atoms with Crippen LogP contribution in [0.2, 0.25) is 0 Å². The van der Waals surface area contributed by atoms with E-state index in [1.165, 1.54) is 0 Å². The molecule has 1 aliphatic heterocycles. The number of hydrazine groups is 1. The predicted octanol–water partition coefficient (Wildman–Crippen LogP) is 2.68. The van der Waals surface area contributed by atoms with Crippen molar-refractivity contribution in [1.82, 2.24) is 10.4 Å². The summed E-state index contributed by atoms with van der Waals surface area (Å²) in [5.41, 5.74) is 1.55. The highest BCUT2D eigenvalue weighted by atomic mass is 16.3. The van der Waals surface area contributed by atoms with Gasteiger partial charge in [0.25, 0.3) is 0 Å². The van der Waals surface area contributed by atoms with Crippen molar-refractivity contribution >= 4 is 0 Å². The van der Waals surface area contributed by atoms with Crippen LogP contribution in [0.15, 0.2) is 48.5 Å². The summed E-state index contributed by atoms with van der Waals surface area (Å²) in [5.74, 6) is 0. The molecule has 1 aliphatic rings. The van der Waals surface area contributed by atoms with Crippen molar-refractivity contribution in [1.29, 1.82) is 21.0 Å². The van der Waals surface area contributed by atoms with E-state index < -0.39 is 23.2 Å². The van der Waals surface area contributed by atoms with Crippen LogP contribution in [0.3, 0.4) is 0 Å². The largest absolute Gasteiger partial charge is 0.373 e. The van der Waals surface area contributed by atoms with Gasteiger partial charge >= 0.3 is 0 Å². The fourth-order valence-corrected chi connectivity index (χ4v) is 3.58. The third-order valence-corrected chi connectivity index (χ3v) is 5.34. The summed E-state index contributed by atoms with van der Waals surface area (Å²) in [7, 11) is 0. The maximum absolute atomic E-state index is 11.0. The monoisotopic (exact) mass is 382 g/mol. The van der Waals surface area contributed by atoms with Crippen molar-refractivity contribution in [2.75, 3.05) is 0 Å². The van der Waals surface area contributed by atoms with E-state index >= 15 is 0 Å². The highest BCUT2D eigenvalue weighted by molar-refractivity contribution is 5.48. The summed E-state index contributed by atoms with van der Waals surface area (Å²) in [5, 5.41) is 51.9. The molecule has 1 fully saturated rings. The first-order chi connectivity index (χ1) is 13.9. The molecule has 0 radical (unpaired) electrons. The van der Waals surface area contributed by atoms with Gasteiger partial charge in [-0.25, -0.2) is 5.43 Å². The van der Waals surface area contributed by atoms with Gasteiger partial charge in [-0.15, -0.1) is 0 Å². The minimum absolute atomic E-state index is 0.423. The molecule has 2 unspecified atom stereocenters. The normalized spacial score (nSPS) is 20.6. The summed E-state index contributed by atoms with van der Waals surface area (Å²) >= 11 is 0. The lowest BCUT2D eigenvalue weighted by Crippen LogP contribution is -2.54. The standard InChI is InChI=1S/C22H18N6O/c1-15-3-7-17(8-4-15)19-21(11-23,12-24)22(13-25,14-26)28(27-19)20(29)18-9-5-16(2)6-10-18/h3-10,19-20,27,29H,1-2H3. The predicted molar refractivity (Wildman–Crippen MR) is 103 cm³/mol. The average molecular weight is 382 g/mol. The molecule has 1 heterocycles. The van der Waals surface area contributed by atoms with Gasteiger partial charge in [0, 0.05) is 0 Å². The zero-order valence-corrected chi connectivity index (χ0v) is 16.0. The van der Waals surface area contributed by atoms with E-state index in [1.807, 2.05) is 50.3 Å². The van der Waals surface area contributed by atoms with E-state index in [9.17, 15) is 26.2 Å². The first-order valence-electron chi connectivity index (χ1n) is 8.91. The minimum atomic E-state index is -2.24. The van der Waals surface area contributed by atoms with E-state index in [0.29, 0.717) is 11.1 Å². The molecule has 2 aromatic carbocycles. The number of nitriles is 4. The molecule has 142 valence electrons. The first kappa shape index (κ1) is 20.0. The van der Waals surface area contributed by atoms with Crippen LogP contribution in [0.1, 0.15) is 34.5 Å². The Hall–Kier alpha value is -3.72. The number of hydrogen-bond donors (Lipinski definition) is 2. The van der Waals surface area contributed by atoms with Crippen molar-refractivity contribution in [3.8, 4) is 24.3 Å². The third-order valence-electron chi connectivity index (χ3n) is 5.34. The first-order valence-corrected chi connectivity index (χ1v) is 8.91. The SMILES string of the molecule is Cc1ccc(C(O)N2NC(c3ccc(C)cc3)C(C#N)(C#N)C2(C#N)C#N)cc1. The highest BCUT2D eigenvalue weighted by Gasteiger charge is 2.70. The van der Waals surface area contributed by atoms with Crippen LogP contribution >= 0.6 is 0 Å². The lowest BCUT2D eigenvalue weighted by atomic mass is 9.67. The summed E-state index contributed by atoms with van der Waals surface area (Å²) in [6.07, 6.45) is -1.42. The minimum Gasteiger partial charge on any atom is -0.373 e. The van der Waals surface area contributed by atoms with Crippen LogP contribution in [0.5, 0.6) is 0 Å². The molecular weight excluding hydrogens is 364 g/mol. The highest BCUT2D eigenvalue weighted by Crippen LogP contribution is 2.52. The molecule has 2 N–H and O–H groups in total. The number of aliphatic hydroxyl groups excluding tert-OH is 1. The Labute approximate surface area is 169 Å². The van der Waals surface area contributed by atoms with Gasteiger partial charge in [0.15, 0.2) is 0 Å². The molecule has 3 rings (SSSR count). The zero-order chi connectivity index (χ0) is 21.2. The lowest BCUT2D eigenvalue weighted by molar-refractivity contribution is -0.0526. The van der Waals surface area contributed by atoms with Crippen LogP contribution in [0, 0.1) is 64.6 Å². The smallest absolute Gasteiger partial charge is 0.244 e. The Kier molecular flexibility index (Phi) is 5.08. The van der Waals surface area contributed by atoms with Gasteiger partial charge in [0.05, 0.1) is 18.2 Å². The molecule has 0 aromatic heterocycles. The fourth-order valence-electron chi connectivity index (χ4n) is 3.58. The topological polar surface area (TPSA) is 131 Å². The van der Waals surface area contributed by atoms with Crippen LogP contribution in [0.4, 0.5) is 0 Å². The summed E-state index contributed by atoms with van der Waals surface area (Å²) in [4.78, 5) is 0. The molecule has 0 bridgehead atoms. The molecule has 2 aromatic rings. The van der Waals surface area contributed by atoms with Gasteiger partial charge < -0.3 is 5.11 Å². The molecule has 7 nitrogen and oxygen atoms in total. The van der Waals surface area contributed by atoms with E-state index in [0.717, 1.165) is 16.1 Å². The van der Waals surface area contributed by atoms with E-state index in [2.05, 4.69) is 5.43 Å². The second-order valence-corrected chi connectivity index (χ2v) is 7.09. The van der Waals surface area contributed by atoms with Gasteiger partial charge in [-0.05, 0) is 25.0 Å². The maximum atomic E-state index is 11.0. The van der Waals surface area contributed by atoms with Crippen molar-refractivity contribution in [3.63, 3.8) is 0 Å². The molecule has 2 atom stereocenters.